The molecule has 0 spiro atoms. The van der Waals surface area contributed by atoms with Crippen LogP contribution in [-0.2, 0) is 10.0 Å². The number of nitrogens with one attached hydrogen (secondary N) is 2. The van der Waals surface area contributed by atoms with E-state index in [1.54, 1.807) is 24.3 Å². The number of hydrogen-bond acceptors (Lipinski definition) is 6. The van der Waals surface area contributed by atoms with Gasteiger partial charge in [0.15, 0.2) is 11.5 Å². The minimum Gasteiger partial charge on any atom is -0.486 e. The van der Waals surface area contributed by atoms with E-state index in [0.717, 1.165) is 0 Å². The van der Waals surface area contributed by atoms with Gasteiger partial charge in [-0.05, 0) is 43.3 Å². The molecule has 28 heavy (non-hydrogen) atoms. The molecule has 1 aliphatic heterocycles. The molecule has 0 aromatic heterocycles. The van der Waals surface area contributed by atoms with Crippen LogP contribution in [0.2, 0.25) is 0 Å². The number of anilines is 1. The average Bonchev–Trinajstić information content (AvgIpc) is 2.67. The van der Waals surface area contributed by atoms with Gasteiger partial charge < -0.3 is 20.5 Å². The highest BCUT2D eigenvalue weighted by Crippen LogP contribution is 2.32. The summed E-state index contributed by atoms with van der Waals surface area (Å²) < 4.78 is 38.6. The van der Waals surface area contributed by atoms with Gasteiger partial charge in [-0.2, -0.15) is 0 Å². The molecule has 1 heterocycles. The molecule has 10 heteroatoms. The maximum Gasteiger partial charge on any atom is 0.262 e. The van der Waals surface area contributed by atoms with E-state index in [-0.39, 0.29) is 28.9 Å². The molecule has 0 fully saturated rings. The molecule has 2 aromatic carbocycles. The molecular weight excluding hydrogens is 406 g/mol. The van der Waals surface area contributed by atoms with Gasteiger partial charge in [0.2, 0.25) is 0 Å². The Morgan fingerprint density at radius 2 is 1.82 bits per heavy atom. The van der Waals surface area contributed by atoms with Crippen molar-refractivity contribution in [3.8, 4) is 11.5 Å². The number of hydrogen-bond donors (Lipinski definition) is 3. The normalized spacial score (nSPS) is 12.6. The van der Waals surface area contributed by atoms with Gasteiger partial charge in [-0.25, -0.2) is 8.42 Å². The molecule has 0 atom stereocenters. The quantitative estimate of drug-likeness (QED) is 0.579. The summed E-state index contributed by atoms with van der Waals surface area (Å²) in [5.74, 6) is 0.609. The first-order chi connectivity index (χ1) is 13.0. The van der Waals surface area contributed by atoms with Gasteiger partial charge in [-0.15, -0.1) is 12.4 Å². The Hall–Kier alpha value is -2.49. The number of ether oxygens (including phenoxy) is 2. The van der Waals surface area contributed by atoms with Crippen molar-refractivity contribution >= 4 is 34.0 Å². The van der Waals surface area contributed by atoms with Crippen molar-refractivity contribution in [2.24, 2.45) is 5.73 Å². The molecule has 8 nitrogen and oxygen atoms in total. The van der Waals surface area contributed by atoms with E-state index in [1.165, 1.54) is 18.2 Å². The summed E-state index contributed by atoms with van der Waals surface area (Å²) in [5, 5.41) is 2.73. The number of sulfonamides is 1. The molecule has 4 N–H and O–H groups in total. The summed E-state index contributed by atoms with van der Waals surface area (Å²) in [7, 11) is -3.84. The second kappa shape index (κ2) is 9.63. The van der Waals surface area contributed by atoms with Gasteiger partial charge in [0.25, 0.3) is 15.9 Å². The molecule has 152 valence electrons. The van der Waals surface area contributed by atoms with Gasteiger partial charge >= 0.3 is 0 Å². The SMILES string of the molecule is Cl.NCCCNC(=O)c1cccc(NS(=O)(=O)c2ccc3c(c2)OCCO3)c1. The summed E-state index contributed by atoms with van der Waals surface area (Å²) in [6, 6.07) is 10.7. The second-order valence-corrected chi connectivity index (χ2v) is 7.57. The molecule has 1 aliphatic rings. The maximum absolute atomic E-state index is 12.7. The fourth-order valence-corrected chi connectivity index (χ4v) is 3.60. The standard InChI is InChI=1S/C18H21N3O5S.ClH/c19-7-2-8-20-18(22)13-3-1-4-14(11-13)21-27(23,24)15-5-6-16-17(12-15)26-10-9-25-16;/h1,3-6,11-12,21H,2,7-10,19H2,(H,20,22);1H. The van der Waals surface area contributed by atoms with Crippen LogP contribution in [0.3, 0.4) is 0 Å². The minimum atomic E-state index is -3.84. The van der Waals surface area contributed by atoms with Crippen LogP contribution < -0.4 is 25.2 Å². The number of rotatable bonds is 7. The van der Waals surface area contributed by atoms with Crippen LogP contribution in [0.15, 0.2) is 47.4 Å². The Kier molecular flexibility index (Phi) is 7.50. The van der Waals surface area contributed by atoms with Gasteiger partial charge in [0.05, 0.1) is 4.90 Å². The Labute approximate surface area is 169 Å². The van der Waals surface area contributed by atoms with E-state index in [4.69, 9.17) is 15.2 Å². The van der Waals surface area contributed by atoms with Crippen LogP contribution in [-0.4, -0.2) is 40.6 Å². The minimum absolute atomic E-state index is 0. The van der Waals surface area contributed by atoms with Gasteiger partial charge in [0, 0.05) is 23.9 Å². The second-order valence-electron chi connectivity index (χ2n) is 5.89. The number of fused-ring (bicyclic) bond motifs is 1. The third kappa shape index (κ3) is 5.28. The lowest BCUT2D eigenvalue weighted by Gasteiger charge is -2.19. The van der Waals surface area contributed by atoms with E-state index in [2.05, 4.69) is 10.0 Å². The predicted octanol–water partition coefficient (Wildman–Crippen LogP) is 1.76. The Balaban J connectivity index is 0.00000280. The number of amides is 1. The van der Waals surface area contributed by atoms with Crippen molar-refractivity contribution in [3.63, 3.8) is 0 Å². The van der Waals surface area contributed by atoms with E-state index in [0.29, 0.717) is 49.8 Å². The average molecular weight is 428 g/mol. The van der Waals surface area contributed by atoms with E-state index in [9.17, 15) is 13.2 Å². The first kappa shape index (κ1) is 21.8. The van der Waals surface area contributed by atoms with Crippen molar-refractivity contribution in [2.75, 3.05) is 31.0 Å². The van der Waals surface area contributed by atoms with Gasteiger partial charge in [0.1, 0.15) is 13.2 Å². The van der Waals surface area contributed by atoms with Gasteiger partial charge in [-0.1, -0.05) is 6.07 Å². The highest BCUT2D eigenvalue weighted by molar-refractivity contribution is 7.92. The van der Waals surface area contributed by atoms with E-state index in [1.807, 2.05) is 0 Å². The van der Waals surface area contributed by atoms with Crippen molar-refractivity contribution in [1.82, 2.24) is 5.32 Å². The maximum atomic E-state index is 12.7. The number of halogens is 1. The van der Waals surface area contributed by atoms with Crippen LogP contribution in [0.1, 0.15) is 16.8 Å². The van der Waals surface area contributed by atoms with Crippen LogP contribution in [0.4, 0.5) is 5.69 Å². The highest BCUT2D eigenvalue weighted by atomic mass is 35.5. The third-order valence-corrected chi connectivity index (χ3v) is 5.25. The van der Waals surface area contributed by atoms with Crippen molar-refractivity contribution < 1.29 is 22.7 Å². The fourth-order valence-electron chi connectivity index (χ4n) is 2.53. The molecule has 3 rings (SSSR count). The molecule has 0 unspecified atom stereocenters. The Bertz CT molecular complexity index is 937. The zero-order chi connectivity index (χ0) is 19.3. The van der Waals surface area contributed by atoms with Crippen molar-refractivity contribution in [1.29, 1.82) is 0 Å². The van der Waals surface area contributed by atoms with Crippen molar-refractivity contribution in [2.45, 2.75) is 11.3 Å². The third-order valence-electron chi connectivity index (χ3n) is 3.87. The predicted molar refractivity (Wildman–Crippen MR) is 108 cm³/mol. The highest BCUT2D eigenvalue weighted by Gasteiger charge is 2.20. The summed E-state index contributed by atoms with van der Waals surface area (Å²) in [6.45, 7) is 1.74. The lowest BCUT2D eigenvalue weighted by Crippen LogP contribution is -2.26. The zero-order valence-electron chi connectivity index (χ0n) is 15.0. The number of nitrogens with two attached hydrogens (primary N) is 1. The molecule has 2 aromatic rings. The number of benzene rings is 2. The lowest BCUT2D eigenvalue weighted by atomic mass is 10.2. The molecule has 0 saturated carbocycles. The molecular formula is C18H22ClN3O5S. The Morgan fingerprint density at radius 3 is 2.57 bits per heavy atom. The van der Waals surface area contributed by atoms with E-state index >= 15 is 0 Å². The Morgan fingerprint density at radius 1 is 1.07 bits per heavy atom. The number of carbonyl (C=O) groups excluding carboxylic acids is 1. The van der Waals surface area contributed by atoms with Gasteiger partial charge in [-0.3, -0.25) is 9.52 Å². The number of carbonyl (C=O) groups is 1. The zero-order valence-corrected chi connectivity index (χ0v) is 16.6. The van der Waals surface area contributed by atoms with Crippen molar-refractivity contribution in [3.05, 3.63) is 48.0 Å². The molecule has 0 aliphatic carbocycles. The fraction of sp³-hybridized carbons (Fsp3) is 0.278. The van der Waals surface area contributed by atoms with Crippen LogP contribution in [0, 0.1) is 0 Å². The molecule has 0 radical (unpaired) electrons. The monoisotopic (exact) mass is 427 g/mol. The molecule has 0 bridgehead atoms. The largest absolute Gasteiger partial charge is 0.486 e. The first-order valence-corrected chi connectivity index (χ1v) is 9.99. The van der Waals surface area contributed by atoms with Crippen LogP contribution in [0.25, 0.3) is 0 Å². The summed E-state index contributed by atoms with van der Waals surface area (Å²) >= 11 is 0. The van der Waals surface area contributed by atoms with E-state index < -0.39 is 10.0 Å². The first-order valence-electron chi connectivity index (χ1n) is 8.50. The van der Waals surface area contributed by atoms with Crippen LogP contribution in [0.5, 0.6) is 11.5 Å². The summed E-state index contributed by atoms with van der Waals surface area (Å²) in [5.41, 5.74) is 6.04. The summed E-state index contributed by atoms with van der Waals surface area (Å²) in [6.07, 6.45) is 0.669. The molecule has 1 amide bonds. The summed E-state index contributed by atoms with van der Waals surface area (Å²) in [4.78, 5) is 12.2. The molecule has 0 saturated heterocycles. The topological polar surface area (TPSA) is 120 Å². The lowest BCUT2D eigenvalue weighted by molar-refractivity contribution is 0.0953. The van der Waals surface area contributed by atoms with Crippen LogP contribution >= 0.6 is 12.4 Å². The smallest absolute Gasteiger partial charge is 0.262 e.